The van der Waals surface area contributed by atoms with E-state index in [2.05, 4.69) is 31.5 Å². The highest BCUT2D eigenvalue weighted by Crippen LogP contribution is 2.26. The average molecular weight is 604 g/mol. The number of benzene rings is 4. The number of ether oxygens (including phenoxy) is 1. The Kier molecular flexibility index (Phi) is 8.09. The van der Waals surface area contributed by atoms with Crippen molar-refractivity contribution < 1.29 is 14.3 Å². The second kappa shape index (κ2) is 11.8. The van der Waals surface area contributed by atoms with E-state index in [0.717, 1.165) is 45.5 Å². The van der Waals surface area contributed by atoms with E-state index in [9.17, 15) is 9.59 Å². The maximum absolute atomic E-state index is 12.9. The van der Waals surface area contributed by atoms with E-state index in [1.807, 2.05) is 59.5 Å². The van der Waals surface area contributed by atoms with Crippen molar-refractivity contribution in [2.45, 2.75) is 0 Å². The van der Waals surface area contributed by atoms with Gasteiger partial charge >= 0.3 is 0 Å². The van der Waals surface area contributed by atoms with Crippen molar-refractivity contribution in [3.63, 3.8) is 0 Å². The smallest absolute Gasteiger partial charge is 0.258 e. The standard InChI is InChI=1S/C30H27BrN4O3S/c1-38-23-14-8-20(9-15-23)29(37)35-18-16-34(17-19-35)22-12-10-21(11-13-22)32-30(39)33-28(36)26-6-2-5-25-24(26)4-3-7-27(25)31/h2-15H,16-19H2,1H3,(H2,32,33,36,39). The van der Waals surface area contributed by atoms with Gasteiger partial charge in [0.2, 0.25) is 0 Å². The maximum Gasteiger partial charge on any atom is 0.258 e. The lowest BCUT2D eigenvalue weighted by atomic mass is 10.0. The molecule has 4 aromatic rings. The molecule has 0 spiro atoms. The first-order chi connectivity index (χ1) is 18.9. The molecule has 9 heteroatoms. The summed E-state index contributed by atoms with van der Waals surface area (Å²) in [5, 5.41) is 7.91. The molecule has 0 atom stereocenters. The molecule has 0 aromatic heterocycles. The van der Waals surface area contributed by atoms with Gasteiger partial charge in [-0.25, -0.2) is 0 Å². The molecule has 0 saturated carbocycles. The van der Waals surface area contributed by atoms with Crippen molar-refractivity contribution in [1.82, 2.24) is 10.2 Å². The van der Waals surface area contributed by atoms with Crippen LogP contribution in [0.5, 0.6) is 5.75 Å². The van der Waals surface area contributed by atoms with Gasteiger partial charge in [-0.2, -0.15) is 0 Å². The molecular weight excluding hydrogens is 576 g/mol. The quantitative estimate of drug-likeness (QED) is 0.285. The first-order valence-electron chi connectivity index (χ1n) is 12.5. The molecule has 1 saturated heterocycles. The minimum absolute atomic E-state index is 0.0311. The van der Waals surface area contributed by atoms with Crippen molar-refractivity contribution in [3.05, 3.63) is 101 Å². The van der Waals surface area contributed by atoms with Crippen LogP contribution in [0.4, 0.5) is 11.4 Å². The van der Waals surface area contributed by atoms with Crippen LogP contribution in [0.25, 0.3) is 10.8 Å². The fourth-order valence-electron chi connectivity index (χ4n) is 4.64. The van der Waals surface area contributed by atoms with Crippen LogP contribution >= 0.6 is 28.1 Å². The highest BCUT2D eigenvalue weighted by atomic mass is 79.9. The minimum Gasteiger partial charge on any atom is -0.497 e. The summed E-state index contributed by atoms with van der Waals surface area (Å²) in [7, 11) is 1.61. The Bertz CT molecular complexity index is 1520. The Labute approximate surface area is 240 Å². The fraction of sp³-hybridized carbons (Fsp3) is 0.167. The molecule has 39 heavy (non-hydrogen) atoms. The molecule has 1 fully saturated rings. The fourth-order valence-corrected chi connectivity index (χ4v) is 5.35. The van der Waals surface area contributed by atoms with Crippen LogP contribution in [0.1, 0.15) is 20.7 Å². The monoisotopic (exact) mass is 602 g/mol. The summed E-state index contributed by atoms with van der Waals surface area (Å²) in [6.07, 6.45) is 0. The van der Waals surface area contributed by atoms with Gasteiger partial charge in [0.1, 0.15) is 5.75 Å². The van der Waals surface area contributed by atoms with Crippen molar-refractivity contribution in [2.24, 2.45) is 0 Å². The topological polar surface area (TPSA) is 73.9 Å². The number of carbonyl (C=O) groups excluding carboxylic acids is 2. The van der Waals surface area contributed by atoms with E-state index < -0.39 is 0 Å². The lowest BCUT2D eigenvalue weighted by Gasteiger charge is -2.36. The van der Waals surface area contributed by atoms with E-state index in [4.69, 9.17) is 17.0 Å². The number of hydrogen-bond donors (Lipinski definition) is 2. The van der Waals surface area contributed by atoms with Gasteiger partial charge in [0.25, 0.3) is 11.8 Å². The number of nitrogens with zero attached hydrogens (tertiary/aromatic N) is 2. The van der Waals surface area contributed by atoms with Gasteiger partial charge in [-0.3, -0.25) is 14.9 Å². The molecule has 0 radical (unpaired) electrons. The zero-order valence-corrected chi connectivity index (χ0v) is 23.7. The third-order valence-corrected chi connectivity index (χ3v) is 7.63. The third kappa shape index (κ3) is 6.05. The summed E-state index contributed by atoms with van der Waals surface area (Å²) in [4.78, 5) is 29.9. The number of methoxy groups -OCH3 is 1. The minimum atomic E-state index is -0.269. The number of nitrogens with one attached hydrogen (secondary N) is 2. The van der Waals surface area contributed by atoms with E-state index in [-0.39, 0.29) is 16.9 Å². The molecule has 1 aliphatic rings. The normalized spacial score (nSPS) is 13.2. The van der Waals surface area contributed by atoms with Gasteiger partial charge in [0.05, 0.1) is 7.11 Å². The second-order valence-electron chi connectivity index (χ2n) is 9.10. The van der Waals surface area contributed by atoms with E-state index in [0.29, 0.717) is 24.2 Å². The SMILES string of the molecule is COc1ccc(C(=O)N2CCN(c3ccc(NC(=S)NC(=O)c4cccc5c(Br)cccc45)cc3)CC2)cc1. The molecule has 0 unspecified atom stereocenters. The number of hydrogen-bond acceptors (Lipinski definition) is 5. The Morgan fingerprint density at radius 2 is 1.51 bits per heavy atom. The lowest BCUT2D eigenvalue weighted by Crippen LogP contribution is -2.48. The first kappa shape index (κ1) is 26.6. The summed E-state index contributed by atoms with van der Waals surface area (Å²) in [5.74, 6) is 0.495. The third-order valence-electron chi connectivity index (χ3n) is 6.73. The molecule has 4 aromatic carbocycles. The Balaban J connectivity index is 1.15. The van der Waals surface area contributed by atoms with Crippen molar-refractivity contribution in [1.29, 1.82) is 0 Å². The van der Waals surface area contributed by atoms with Crippen molar-refractivity contribution in [3.8, 4) is 5.75 Å². The Hall–Kier alpha value is -3.95. The molecule has 0 bridgehead atoms. The zero-order chi connectivity index (χ0) is 27.4. The molecule has 5 rings (SSSR count). The number of piperazine rings is 1. The summed E-state index contributed by atoms with van der Waals surface area (Å²) in [6.45, 7) is 2.77. The number of carbonyl (C=O) groups is 2. The van der Waals surface area contributed by atoms with Gasteiger partial charge in [0.15, 0.2) is 5.11 Å². The highest BCUT2D eigenvalue weighted by molar-refractivity contribution is 9.10. The molecule has 1 heterocycles. The molecule has 7 nitrogen and oxygen atoms in total. The van der Waals surface area contributed by atoms with Gasteiger partial charge in [-0.15, -0.1) is 0 Å². The zero-order valence-electron chi connectivity index (χ0n) is 21.3. The van der Waals surface area contributed by atoms with E-state index in [1.54, 1.807) is 37.4 Å². The lowest BCUT2D eigenvalue weighted by molar-refractivity contribution is 0.0746. The Morgan fingerprint density at radius 3 is 2.21 bits per heavy atom. The number of halogens is 1. The number of anilines is 2. The predicted molar refractivity (Wildman–Crippen MR) is 163 cm³/mol. The molecule has 0 aliphatic carbocycles. The summed E-state index contributed by atoms with van der Waals surface area (Å²) < 4.78 is 6.11. The van der Waals surface area contributed by atoms with Gasteiger partial charge in [-0.1, -0.05) is 40.2 Å². The van der Waals surface area contributed by atoms with Gasteiger partial charge in [-0.05, 0) is 83.7 Å². The van der Waals surface area contributed by atoms with Crippen molar-refractivity contribution in [2.75, 3.05) is 43.5 Å². The number of thiocarbonyl (C=S) groups is 1. The van der Waals surface area contributed by atoms with Crippen LogP contribution in [-0.4, -0.2) is 55.1 Å². The maximum atomic E-state index is 12.9. The number of fused-ring (bicyclic) bond motifs is 1. The number of amides is 2. The first-order valence-corrected chi connectivity index (χ1v) is 13.7. The average Bonchev–Trinajstić information content (AvgIpc) is 2.97. The van der Waals surface area contributed by atoms with Crippen LogP contribution < -0.4 is 20.3 Å². The van der Waals surface area contributed by atoms with Crippen LogP contribution in [0, 0.1) is 0 Å². The van der Waals surface area contributed by atoms with E-state index in [1.165, 1.54) is 0 Å². The molecule has 198 valence electrons. The largest absolute Gasteiger partial charge is 0.497 e. The summed E-state index contributed by atoms with van der Waals surface area (Å²) >= 11 is 8.94. The molecule has 2 N–H and O–H groups in total. The van der Waals surface area contributed by atoms with Gasteiger partial charge in [0, 0.05) is 53.2 Å². The van der Waals surface area contributed by atoms with Gasteiger partial charge < -0.3 is 19.9 Å². The Morgan fingerprint density at radius 1 is 0.846 bits per heavy atom. The molecular formula is C30H27BrN4O3S. The molecule has 2 amide bonds. The van der Waals surface area contributed by atoms with Crippen LogP contribution in [0.15, 0.2) is 89.4 Å². The molecule has 1 aliphatic heterocycles. The van der Waals surface area contributed by atoms with E-state index >= 15 is 0 Å². The summed E-state index contributed by atoms with van der Waals surface area (Å²) in [5.41, 5.74) is 3.06. The van der Waals surface area contributed by atoms with Crippen LogP contribution in [-0.2, 0) is 0 Å². The van der Waals surface area contributed by atoms with Crippen molar-refractivity contribution >= 4 is 67.2 Å². The summed E-state index contributed by atoms with van der Waals surface area (Å²) in [6, 6.07) is 26.4. The second-order valence-corrected chi connectivity index (χ2v) is 10.4. The number of rotatable bonds is 5. The highest BCUT2D eigenvalue weighted by Gasteiger charge is 2.22. The van der Waals surface area contributed by atoms with Crippen LogP contribution in [0.2, 0.25) is 0 Å². The predicted octanol–water partition coefficient (Wildman–Crippen LogP) is 5.70. The van der Waals surface area contributed by atoms with Crippen LogP contribution in [0.3, 0.4) is 0 Å².